The predicted octanol–water partition coefficient (Wildman–Crippen LogP) is 3.16. The summed E-state index contributed by atoms with van der Waals surface area (Å²) in [5, 5.41) is 2.71. The molecular formula is C18H15FN4O. The molecule has 0 spiro atoms. The number of hydrogen-bond donors (Lipinski definition) is 1. The van der Waals surface area contributed by atoms with Gasteiger partial charge in [0.25, 0.3) is 5.91 Å². The Morgan fingerprint density at radius 2 is 2.00 bits per heavy atom. The maximum absolute atomic E-state index is 13.3. The number of hydrogen-bond acceptors (Lipinski definition) is 4. The number of pyridine rings is 1. The smallest absolute Gasteiger partial charge is 0.275 e. The van der Waals surface area contributed by atoms with Crippen molar-refractivity contribution < 1.29 is 9.18 Å². The Labute approximate surface area is 138 Å². The van der Waals surface area contributed by atoms with E-state index < -0.39 is 0 Å². The van der Waals surface area contributed by atoms with E-state index in [-0.39, 0.29) is 17.4 Å². The fraction of sp³-hybridized carbons (Fsp3) is 0.111. The summed E-state index contributed by atoms with van der Waals surface area (Å²) >= 11 is 0. The van der Waals surface area contributed by atoms with Gasteiger partial charge in [0.1, 0.15) is 23.2 Å². The average Bonchev–Trinajstić information content (AvgIpc) is 2.55. The quantitative estimate of drug-likeness (QED) is 0.801. The van der Waals surface area contributed by atoms with E-state index in [0.717, 1.165) is 5.56 Å². The number of benzene rings is 1. The first kappa shape index (κ1) is 15.7. The summed E-state index contributed by atoms with van der Waals surface area (Å²) in [7, 11) is 0. The molecule has 0 bridgehead atoms. The van der Waals surface area contributed by atoms with Crippen LogP contribution in [0.1, 0.15) is 27.4 Å². The fourth-order valence-corrected chi connectivity index (χ4v) is 2.35. The lowest BCUT2D eigenvalue weighted by molar-refractivity contribution is 0.102. The fourth-order valence-electron chi connectivity index (χ4n) is 2.35. The van der Waals surface area contributed by atoms with Crippen molar-refractivity contribution >= 4 is 11.7 Å². The summed E-state index contributed by atoms with van der Waals surface area (Å²) in [5.74, 6) is 0.308. The van der Waals surface area contributed by atoms with Crippen LogP contribution in [0.15, 0.2) is 54.9 Å². The molecule has 120 valence electrons. The number of carbonyl (C=O) groups excluding carboxylic acids is 1. The van der Waals surface area contributed by atoms with Gasteiger partial charge >= 0.3 is 0 Å². The Balaban J connectivity index is 1.84. The van der Waals surface area contributed by atoms with Crippen molar-refractivity contribution in [2.24, 2.45) is 0 Å². The standard InChI is InChI=1S/C18H15FN4O/c1-12-20-9-7-16(22-12)23-18(24)17-14(5-3-8-21-17)10-13-4-2-6-15(19)11-13/h2-9,11H,10H2,1H3,(H,20,22,23,24). The van der Waals surface area contributed by atoms with Crippen LogP contribution in [0, 0.1) is 12.7 Å². The van der Waals surface area contributed by atoms with Crippen LogP contribution in [0.25, 0.3) is 0 Å². The van der Waals surface area contributed by atoms with E-state index in [1.165, 1.54) is 12.1 Å². The summed E-state index contributed by atoms with van der Waals surface area (Å²) in [6.45, 7) is 1.74. The lowest BCUT2D eigenvalue weighted by Gasteiger charge is -2.09. The molecule has 0 aliphatic carbocycles. The average molecular weight is 322 g/mol. The van der Waals surface area contributed by atoms with Gasteiger partial charge < -0.3 is 5.32 Å². The highest BCUT2D eigenvalue weighted by Crippen LogP contribution is 2.15. The Kier molecular flexibility index (Phi) is 4.56. The minimum Gasteiger partial charge on any atom is -0.305 e. The largest absolute Gasteiger partial charge is 0.305 e. The van der Waals surface area contributed by atoms with Crippen molar-refractivity contribution in [1.29, 1.82) is 0 Å². The van der Waals surface area contributed by atoms with E-state index in [2.05, 4.69) is 20.3 Å². The topological polar surface area (TPSA) is 67.8 Å². The van der Waals surface area contributed by atoms with Crippen LogP contribution < -0.4 is 5.32 Å². The Morgan fingerprint density at radius 1 is 1.12 bits per heavy atom. The lowest BCUT2D eigenvalue weighted by Crippen LogP contribution is -2.17. The molecule has 2 aromatic heterocycles. The van der Waals surface area contributed by atoms with Crippen LogP contribution in [0.5, 0.6) is 0 Å². The molecule has 3 aromatic rings. The normalized spacial score (nSPS) is 10.4. The molecule has 6 heteroatoms. The first-order valence-electron chi connectivity index (χ1n) is 7.41. The molecule has 0 unspecified atom stereocenters. The molecule has 0 saturated heterocycles. The van der Waals surface area contributed by atoms with Crippen molar-refractivity contribution in [3.8, 4) is 0 Å². The number of aryl methyl sites for hydroxylation is 1. The van der Waals surface area contributed by atoms with Crippen LogP contribution in [0.3, 0.4) is 0 Å². The van der Waals surface area contributed by atoms with Gasteiger partial charge in [-0.05, 0) is 48.7 Å². The Bertz CT molecular complexity index is 882. The van der Waals surface area contributed by atoms with E-state index >= 15 is 0 Å². The third kappa shape index (κ3) is 3.78. The summed E-state index contributed by atoms with van der Waals surface area (Å²) < 4.78 is 13.3. The number of amides is 1. The van der Waals surface area contributed by atoms with Crippen LogP contribution in [0.2, 0.25) is 0 Å². The number of anilines is 1. The molecule has 0 saturated carbocycles. The molecule has 1 aromatic carbocycles. The van der Waals surface area contributed by atoms with E-state index in [0.29, 0.717) is 23.6 Å². The molecule has 0 radical (unpaired) electrons. The van der Waals surface area contributed by atoms with Crippen molar-refractivity contribution in [1.82, 2.24) is 15.0 Å². The van der Waals surface area contributed by atoms with Gasteiger partial charge in [0.05, 0.1) is 0 Å². The van der Waals surface area contributed by atoms with Gasteiger partial charge in [0.2, 0.25) is 0 Å². The first-order chi connectivity index (χ1) is 11.6. The van der Waals surface area contributed by atoms with E-state index in [4.69, 9.17) is 0 Å². The van der Waals surface area contributed by atoms with Gasteiger partial charge in [-0.3, -0.25) is 9.78 Å². The molecule has 0 aliphatic rings. The van der Waals surface area contributed by atoms with Crippen LogP contribution in [-0.2, 0) is 6.42 Å². The zero-order chi connectivity index (χ0) is 16.9. The number of aromatic nitrogens is 3. The highest BCUT2D eigenvalue weighted by molar-refractivity contribution is 6.03. The predicted molar refractivity (Wildman–Crippen MR) is 88.2 cm³/mol. The number of halogens is 1. The van der Waals surface area contributed by atoms with Crippen LogP contribution in [-0.4, -0.2) is 20.9 Å². The van der Waals surface area contributed by atoms with Gasteiger partial charge in [0, 0.05) is 12.4 Å². The SMILES string of the molecule is Cc1nccc(NC(=O)c2ncccc2Cc2cccc(F)c2)n1. The summed E-state index contributed by atoms with van der Waals surface area (Å²) in [6.07, 6.45) is 3.54. The van der Waals surface area contributed by atoms with E-state index in [1.54, 1.807) is 43.6 Å². The minimum absolute atomic E-state index is 0.290. The molecule has 3 rings (SSSR count). The molecule has 0 fully saturated rings. The third-order valence-corrected chi connectivity index (χ3v) is 3.41. The number of carbonyl (C=O) groups is 1. The second-order valence-electron chi connectivity index (χ2n) is 5.26. The van der Waals surface area contributed by atoms with Gasteiger partial charge in [-0.1, -0.05) is 18.2 Å². The second kappa shape index (κ2) is 6.95. The molecule has 5 nitrogen and oxygen atoms in total. The second-order valence-corrected chi connectivity index (χ2v) is 5.26. The zero-order valence-corrected chi connectivity index (χ0v) is 13.0. The highest BCUT2D eigenvalue weighted by Gasteiger charge is 2.14. The molecular weight excluding hydrogens is 307 g/mol. The maximum atomic E-state index is 13.3. The van der Waals surface area contributed by atoms with Gasteiger partial charge in [-0.2, -0.15) is 0 Å². The molecule has 0 aliphatic heterocycles. The highest BCUT2D eigenvalue weighted by atomic mass is 19.1. The molecule has 0 atom stereocenters. The Hall–Kier alpha value is -3.15. The molecule has 24 heavy (non-hydrogen) atoms. The zero-order valence-electron chi connectivity index (χ0n) is 13.0. The third-order valence-electron chi connectivity index (χ3n) is 3.41. The monoisotopic (exact) mass is 322 g/mol. The molecule has 2 heterocycles. The van der Waals surface area contributed by atoms with Crippen molar-refractivity contribution in [3.05, 3.63) is 83.3 Å². The number of rotatable bonds is 4. The first-order valence-corrected chi connectivity index (χ1v) is 7.41. The maximum Gasteiger partial charge on any atom is 0.275 e. The summed E-state index contributed by atoms with van der Waals surface area (Å²) in [6, 6.07) is 11.5. The molecule has 1 N–H and O–H groups in total. The van der Waals surface area contributed by atoms with Gasteiger partial charge in [0.15, 0.2) is 0 Å². The van der Waals surface area contributed by atoms with Crippen molar-refractivity contribution in [2.45, 2.75) is 13.3 Å². The van der Waals surface area contributed by atoms with Crippen LogP contribution in [0.4, 0.5) is 10.2 Å². The summed E-state index contributed by atoms with van der Waals surface area (Å²) in [5.41, 5.74) is 1.78. The number of nitrogens with one attached hydrogen (secondary N) is 1. The minimum atomic E-state index is -0.361. The van der Waals surface area contributed by atoms with Crippen molar-refractivity contribution in [2.75, 3.05) is 5.32 Å². The lowest BCUT2D eigenvalue weighted by atomic mass is 10.0. The van der Waals surface area contributed by atoms with Gasteiger partial charge in [-0.15, -0.1) is 0 Å². The molecule has 1 amide bonds. The van der Waals surface area contributed by atoms with Crippen molar-refractivity contribution in [3.63, 3.8) is 0 Å². The number of nitrogens with zero attached hydrogens (tertiary/aromatic N) is 3. The summed E-state index contributed by atoms with van der Waals surface area (Å²) in [4.78, 5) is 24.8. The van der Waals surface area contributed by atoms with Crippen LogP contribution >= 0.6 is 0 Å². The Morgan fingerprint density at radius 3 is 2.79 bits per heavy atom. The van der Waals surface area contributed by atoms with E-state index in [9.17, 15) is 9.18 Å². The van der Waals surface area contributed by atoms with E-state index in [1.807, 2.05) is 6.07 Å². The van der Waals surface area contributed by atoms with Gasteiger partial charge in [-0.25, -0.2) is 14.4 Å².